The zero-order valence-electron chi connectivity index (χ0n) is 18.5. The molecule has 4 rings (SSSR count). The number of nitrogens with one attached hydrogen (secondary N) is 1. The summed E-state index contributed by atoms with van der Waals surface area (Å²) in [5.74, 6) is 0.239. The van der Waals surface area contributed by atoms with Crippen LogP contribution in [0.15, 0.2) is 89.7 Å². The lowest BCUT2D eigenvalue weighted by molar-refractivity contribution is -0.116. The summed E-state index contributed by atoms with van der Waals surface area (Å²) in [5, 5.41) is 7.61. The van der Waals surface area contributed by atoms with E-state index in [0.717, 1.165) is 22.6 Å². The van der Waals surface area contributed by atoms with Crippen molar-refractivity contribution in [1.82, 2.24) is 20.0 Å². The predicted molar refractivity (Wildman–Crippen MR) is 126 cm³/mol. The van der Waals surface area contributed by atoms with Crippen LogP contribution in [0.4, 0.5) is 4.39 Å². The number of hydrogen-bond acceptors (Lipinski definition) is 4. The first-order valence-electron chi connectivity index (χ1n) is 10.6. The molecule has 0 spiro atoms. The first-order chi connectivity index (χ1) is 16.0. The molecular formula is C26H25FN4O2. The number of halogens is 1. The average molecular weight is 445 g/mol. The van der Waals surface area contributed by atoms with Gasteiger partial charge >= 0.3 is 0 Å². The largest absolute Gasteiger partial charge is 0.468 e. The fourth-order valence-corrected chi connectivity index (χ4v) is 3.49. The number of furan rings is 1. The molecule has 0 aliphatic heterocycles. The van der Waals surface area contributed by atoms with Gasteiger partial charge in [-0.2, -0.15) is 5.10 Å². The van der Waals surface area contributed by atoms with Crippen LogP contribution in [0.5, 0.6) is 0 Å². The smallest absolute Gasteiger partial charge is 0.244 e. The molecule has 2 aromatic heterocycles. The highest BCUT2D eigenvalue weighted by atomic mass is 19.1. The minimum absolute atomic E-state index is 0.0760. The maximum atomic E-state index is 13.4. The van der Waals surface area contributed by atoms with Crippen LogP contribution in [-0.2, 0) is 4.79 Å². The maximum absolute atomic E-state index is 13.4. The maximum Gasteiger partial charge on any atom is 0.244 e. The molecule has 4 aromatic rings. The standard InChI is InChI=1S/C26H25FN4O2/c1-30(2)23(24-9-6-16-33-24)17-28-25(32)15-12-20-18-31(22-7-4-3-5-8-22)29-26(20)19-10-13-21(27)14-11-19/h3-16,18,23H,17H2,1-2H3,(H,28,32)/b15-12+. The molecule has 168 valence electrons. The molecule has 2 aromatic carbocycles. The van der Waals surface area contributed by atoms with Gasteiger partial charge in [0.05, 0.1) is 23.7 Å². The minimum Gasteiger partial charge on any atom is -0.468 e. The van der Waals surface area contributed by atoms with Gasteiger partial charge < -0.3 is 9.73 Å². The summed E-state index contributed by atoms with van der Waals surface area (Å²) >= 11 is 0. The number of hydrogen-bond donors (Lipinski definition) is 1. The van der Waals surface area contributed by atoms with Crippen molar-refractivity contribution < 1.29 is 13.6 Å². The summed E-state index contributed by atoms with van der Waals surface area (Å²) < 4.78 is 20.7. The summed E-state index contributed by atoms with van der Waals surface area (Å²) in [7, 11) is 3.87. The molecule has 0 aliphatic rings. The minimum atomic E-state index is -0.315. The van der Waals surface area contributed by atoms with Gasteiger partial charge in [0.1, 0.15) is 11.6 Å². The number of nitrogens with zero attached hydrogens (tertiary/aromatic N) is 3. The quantitative estimate of drug-likeness (QED) is 0.400. The average Bonchev–Trinajstić information content (AvgIpc) is 3.49. The Morgan fingerprint density at radius 2 is 1.88 bits per heavy atom. The molecule has 6 nitrogen and oxygen atoms in total. The molecule has 0 bridgehead atoms. The van der Waals surface area contributed by atoms with Gasteiger partial charge in [-0.1, -0.05) is 18.2 Å². The molecular weight excluding hydrogens is 419 g/mol. The lowest BCUT2D eigenvalue weighted by atomic mass is 10.1. The molecule has 0 radical (unpaired) electrons. The van der Waals surface area contributed by atoms with E-state index in [0.29, 0.717) is 12.2 Å². The monoisotopic (exact) mass is 444 g/mol. The van der Waals surface area contributed by atoms with Crippen LogP contribution in [0, 0.1) is 5.82 Å². The topological polar surface area (TPSA) is 63.3 Å². The van der Waals surface area contributed by atoms with Gasteiger partial charge in [0, 0.05) is 29.9 Å². The first kappa shape index (κ1) is 22.2. The van der Waals surface area contributed by atoms with Gasteiger partial charge in [0.2, 0.25) is 5.91 Å². The SMILES string of the molecule is CN(C)C(CNC(=O)/C=C/c1cn(-c2ccccc2)nc1-c1ccc(F)cc1)c1ccco1. The third-order valence-electron chi connectivity index (χ3n) is 5.26. The van der Waals surface area contributed by atoms with Crippen molar-refractivity contribution in [2.45, 2.75) is 6.04 Å². The predicted octanol–water partition coefficient (Wildman–Crippen LogP) is 4.70. The van der Waals surface area contributed by atoms with Crippen molar-refractivity contribution in [1.29, 1.82) is 0 Å². The van der Waals surface area contributed by atoms with Crippen LogP contribution in [0.2, 0.25) is 0 Å². The third-order valence-corrected chi connectivity index (χ3v) is 5.26. The van der Waals surface area contributed by atoms with Gasteiger partial charge in [-0.05, 0) is 68.7 Å². The Morgan fingerprint density at radius 1 is 1.12 bits per heavy atom. The summed E-state index contributed by atoms with van der Waals surface area (Å²) in [6.45, 7) is 0.401. The Bertz CT molecular complexity index is 1210. The molecule has 0 aliphatic carbocycles. The van der Waals surface area contributed by atoms with Gasteiger partial charge in [-0.15, -0.1) is 0 Å². The highest BCUT2D eigenvalue weighted by Gasteiger charge is 2.17. The van der Waals surface area contributed by atoms with E-state index in [-0.39, 0.29) is 17.8 Å². The number of carbonyl (C=O) groups excluding carboxylic acids is 1. The molecule has 33 heavy (non-hydrogen) atoms. The zero-order valence-corrected chi connectivity index (χ0v) is 18.5. The van der Waals surface area contributed by atoms with Gasteiger partial charge in [0.15, 0.2) is 0 Å². The highest BCUT2D eigenvalue weighted by molar-refractivity contribution is 5.92. The number of amides is 1. The van der Waals surface area contributed by atoms with Crippen LogP contribution in [0.25, 0.3) is 23.0 Å². The van der Waals surface area contributed by atoms with Crippen molar-refractivity contribution in [3.63, 3.8) is 0 Å². The summed E-state index contributed by atoms with van der Waals surface area (Å²) in [6, 6.07) is 19.5. The zero-order chi connectivity index (χ0) is 23.2. The lowest BCUT2D eigenvalue weighted by Crippen LogP contribution is -2.33. The van der Waals surface area contributed by atoms with E-state index >= 15 is 0 Å². The van der Waals surface area contributed by atoms with E-state index in [1.165, 1.54) is 18.2 Å². The van der Waals surface area contributed by atoms with E-state index in [4.69, 9.17) is 4.42 Å². The van der Waals surface area contributed by atoms with Gasteiger partial charge in [-0.25, -0.2) is 9.07 Å². The Hall–Kier alpha value is -3.97. The molecule has 1 amide bonds. The second-order valence-electron chi connectivity index (χ2n) is 7.79. The van der Waals surface area contributed by atoms with E-state index in [2.05, 4.69) is 10.4 Å². The molecule has 1 atom stereocenters. The molecule has 1 N–H and O–H groups in total. The summed E-state index contributed by atoms with van der Waals surface area (Å²) in [6.07, 6.45) is 6.67. The fraction of sp³-hybridized carbons (Fsp3) is 0.154. The summed E-state index contributed by atoms with van der Waals surface area (Å²) in [4.78, 5) is 14.5. The molecule has 0 fully saturated rings. The Kier molecular flexibility index (Phi) is 6.80. The number of carbonyl (C=O) groups is 1. The fourth-order valence-electron chi connectivity index (χ4n) is 3.49. The molecule has 7 heteroatoms. The third kappa shape index (κ3) is 5.45. The Balaban J connectivity index is 1.55. The lowest BCUT2D eigenvalue weighted by Gasteiger charge is -2.22. The van der Waals surface area contributed by atoms with E-state index < -0.39 is 0 Å². The van der Waals surface area contributed by atoms with Gasteiger partial charge in [-0.3, -0.25) is 9.69 Å². The molecule has 0 saturated heterocycles. The van der Waals surface area contributed by atoms with Crippen LogP contribution in [-0.4, -0.2) is 41.2 Å². The normalized spacial score (nSPS) is 12.4. The number of benzene rings is 2. The second-order valence-corrected chi connectivity index (χ2v) is 7.79. The van der Waals surface area contributed by atoms with E-state index in [9.17, 15) is 9.18 Å². The van der Waals surface area contributed by atoms with Crippen LogP contribution in [0.3, 0.4) is 0 Å². The number of rotatable bonds is 8. The Labute approximate surface area is 192 Å². The second kappa shape index (κ2) is 10.1. The highest BCUT2D eigenvalue weighted by Crippen LogP contribution is 2.25. The summed E-state index contributed by atoms with van der Waals surface area (Å²) in [5.41, 5.74) is 3.05. The molecule has 1 unspecified atom stereocenters. The van der Waals surface area contributed by atoms with Crippen molar-refractivity contribution in [2.24, 2.45) is 0 Å². The first-order valence-corrected chi connectivity index (χ1v) is 10.6. The van der Waals surface area contributed by atoms with Crippen molar-refractivity contribution in [3.8, 4) is 16.9 Å². The van der Waals surface area contributed by atoms with Crippen molar-refractivity contribution >= 4 is 12.0 Å². The number of aromatic nitrogens is 2. The van der Waals surface area contributed by atoms with Crippen LogP contribution < -0.4 is 5.32 Å². The van der Waals surface area contributed by atoms with Crippen LogP contribution >= 0.6 is 0 Å². The van der Waals surface area contributed by atoms with E-state index in [1.807, 2.05) is 67.7 Å². The molecule has 0 saturated carbocycles. The number of para-hydroxylation sites is 1. The van der Waals surface area contributed by atoms with E-state index in [1.54, 1.807) is 29.2 Å². The Morgan fingerprint density at radius 3 is 2.55 bits per heavy atom. The van der Waals surface area contributed by atoms with Gasteiger partial charge in [0.25, 0.3) is 0 Å². The number of likely N-dealkylation sites (N-methyl/N-ethyl adjacent to an activating group) is 1. The molecule has 2 heterocycles. The van der Waals surface area contributed by atoms with Crippen LogP contribution in [0.1, 0.15) is 17.4 Å². The van der Waals surface area contributed by atoms with Crippen molar-refractivity contribution in [3.05, 3.63) is 102 Å². The van der Waals surface area contributed by atoms with Crippen molar-refractivity contribution in [2.75, 3.05) is 20.6 Å².